The van der Waals surface area contributed by atoms with E-state index in [1.165, 1.54) is 6.07 Å². The van der Waals surface area contributed by atoms with Gasteiger partial charge in [0, 0.05) is 29.7 Å². The number of rotatable bonds is 3. The monoisotopic (exact) mass is 313 g/mol. The van der Waals surface area contributed by atoms with E-state index in [0.29, 0.717) is 30.1 Å². The zero-order valence-corrected chi connectivity index (χ0v) is 12.5. The van der Waals surface area contributed by atoms with Crippen LogP contribution < -0.4 is 5.43 Å². The molecule has 0 amide bonds. The van der Waals surface area contributed by atoms with Crippen LogP contribution in [0.2, 0.25) is 0 Å². The number of nitrogens with one attached hydrogen (secondary N) is 1. The second-order valence-electron chi connectivity index (χ2n) is 5.43. The molecule has 2 heterocycles. The zero-order valence-electron chi connectivity index (χ0n) is 12.5. The van der Waals surface area contributed by atoms with Gasteiger partial charge in [0.05, 0.1) is 13.2 Å². The van der Waals surface area contributed by atoms with Gasteiger partial charge in [0.25, 0.3) is 0 Å². The topological polar surface area (TPSA) is 50.5 Å². The third-order valence-corrected chi connectivity index (χ3v) is 3.90. The van der Waals surface area contributed by atoms with E-state index in [1.54, 1.807) is 12.1 Å². The Labute approximate surface area is 132 Å². The van der Waals surface area contributed by atoms with Gasteiger partial charge in [-0.2, -0.15) is 0 Å². The minimum atomic E-state index is -0.323. The summed E-state index contributed by atoms with van der Waals surface area (Å²) in [5, 5.41) is 6.90. The first-order chi connectivity index (χ1) is 11.3. The maximum atomic E-state index is 14.3. The molecule has 1 aliphatic heterocycles. The van der Waals surface area contributed by atoms with E-state index in [9.17, 15) is 4.39 Å². The highest BCUT2D eigenvalue weighted by atomic mass is 19.1. The van der Waals surface area contributed by atoms with Crippen LogP contribution in [0.15, 0.2) is 47.0 Å². The molecule has 23 heavy (non-hydrogen) atoms. The quantitative estimate of drug-likeness (QED) is 0.804. The number of nitrogens with zero attached hydrogens (tertiary/aromatic N) is 2. The number of ether oxygens (including phenoxy) is 1. The van der Waals surface area contributed by atoms with Crippen molar-refractivity contribution < 1.29 is 13.7 Å². The van der Waals surface area contributed by atoms with Gasteiger partial charge in [-0.05, 0) is 30.3 Å². The van der Waals surface area contributed by atoms with Gasteiger partial charge in [-0.1, -0.05) is 17.3 Å². The highest BCUT2D eigenvalue weighted by Gasteiger charge is 2.16. The van der Waals surface area contributed by atoms with E-state index in [-0.39, 0.29) is 5.82 Å². The summed E-state index contributed by atoms with van der Waals surface area (Å²) >= 11 is 0. The number of anilines is 1. The standard InChI is InChI=1S/C17H16FN3O2/c18-15-6-5-12(19-21-7-9-22-10-8-21)11-14(15)17-13-3-1-2-4-16(13)23-20-17/h1-6,11,19H,7-10H2. The van der Waals surface area contributed by atoms with Gasteiger partial charge in [0.15, 0.2) is 5.58 Å². The number of hydrogen-bond acceptors (Lipinski definition) is 5. The number of halogens is 1. The zero-order chi connectivity index (χ0) is 15.6. The first-order valence-electron chi connectivity index (χ1n) is 7.55. The molecule has 0 spiro atoms. The molecule has 3 aromatic rings. The van der Waals surface area contributed by atoms with Gasteiger partial charge >= 0.3 is 0 Å². The summed E-state index contributed by atoms with van der Waals surface area (Å²) in [6.07, 6.45) is 0. The Hall–Kier alpha value is -2.44. The van der Waals surface area contributed by atoms with E-state index in [4.69, 9.17) is 9.26 Å². The molecule has 0 unspecified atom stereocenters. The molecule has 0 radical (unpaired) electrons. The molecule has 0 aliphatic carbocycles. The first-order valence-corrected chi connectivity index (χ1v) is 7.55. The van der Waals surface area contributed by atoms with Crippen molar-refractivity contribution in [3.8, 4) is 11.3 Å². The van der Waals surface area contributed by atoms with Crippen molar-refractivity contribution in [2.75, 3.05) is 31.7 Å². The molecule has 1 N–H and O–H groups in total. The van der Waals surface area contributed by atoms with Crippen LogP contribution in [0.4, 0.5) is 10.1 Å². The Bertz CT molecular complexity index is 828. The summed E-state index contributed by atoms with van der Waals surface area (Å²) in [5.41, 5.74) is 5.69. The molecule has 118 valence electrons. The summed E-state index contributed by atoms with van der Waals surface area (Å²) in [6.45, 7) is 2.96. The normalized spacial score (nSPS) is 15.9. The largest absolute Gasteiger partial charge is 0.379 e. The molecule has 1 saturated heterocycles. The van der Waals surface area contributed by atoms with Gasteiger partial charge in [0.2, 0.25) is 0 Å². The average molecular weight is 313 g/mol. The fourth-order valence-corrected chi connectivity index (χ4v) is 2.71. The van der Waals surface area contributed by atoms with Crippen LogP contribution >= 0.6 is 0 Å². The summed E-state index contributed by atoms with van der Waals surface area (Å²) in [4.78, 5) is 0. The number of aromatic nitrogens is 1. The molecule has 1 aromatic heterocycles. The van der Waals surface area contributed by atoms with Crippen LogP contribution in [0.25, 0.3) is 22.2 Å². The molecule has 1 fully saturated rings. The molecular weight excluding hydrogens is 297 g/mol. The third-order valence-electron chi connectivity index (χ3n) is 3.90. The number of hydrogen-bond donors (Lipinski definition) is 1. The third kappa shape index (κ3) is 2.78. The minimum absolute atomic E-state index is 0.323. The predicted octanol–water partition coefficient (Wildman–Crippen LogP) is 3.29. The Morgan fingerprint density at radius 2 is 1.91 bits per heavy atom. The van der Waals surface area contributed by atoms with Crippen molar-refractivity contribution in [1.82, 2.24) is 10.2 Å². The molecule has 2 aromatic carbocycles. The SMILES string of the molecule is Fc1ccc(NN2CCOCC2)cc1-c1noc2ccccc12. The lowest BCUT2D eigenvalue weighted by molar-refractivity contribution is 0.0497. The lowest BCUT2D eigenvalue weighted by Crippen LogP contribution is -2.40. The molecule has 6 heteroatoms. The van der Waals surface area contributed by atoms with E-state index in [0.717, 1.165) is 24.2 Å². The van der Waals surface area contributed by atoms with E-state index < -0.39 is 0 Å². The first kappa shape index (κ1) is 14.2. The highest BCUT2D eigenvalue weighted by Crippen LogP contribution is 2.31. The number of morpholine rings is 1. The Morgan fingerprint density at radius 1 is 1.09 bits per heavy atom. The number of hydrazine groups is 1. The molecule has 0 bridgehead atoms. The van der Waals surface area contributed by atoms with Crippen LogP contribution in [0.3, 0.4) is 0 Å². The van der Waals surface area contributed by atoms with Crippen molar-refractivity contribution in [3.05, 3.63) is 48.3 Å². The smallest absolute Gasteiger partial charge is 0.167 e. The molecular formula is C17H16FN3O2. The van der Waals surface area contributed by atoms with Gasteiger partial charge in [-0.25, -0.2) is 9.40 Å². The van der Waals surface area contributed by atoms with Crippen LogP contribution in [0.5, 0.6) is 0 Å². The Kier molecular flexibility index (Phi) is 3.69. The van der Waals surface area contributed by atoms with Gasteiger partial charge in [0.1, 0.15) is 11.5 Å². The molecule has 0 atom stereocenters. The lowest BCUT2D eigenvalue weighted by atomic mass is 10.1. The average Bonchev–Trinajstić information content (AvgIpc) is 3.01. The predicted molar refractivity (Wildman–Crippen MR) is 85.4 cm³/mol. The summed E-state index contributed by atoms with van der Waals surface area (Å²) in [5.74, 6) is -0.323. The Balaban J connectivity index is 1.69. The fraction of sp³-hybridized carbons (Fsp3) is 0.235. The highest BCUT2D eigenvalue weighted by molar-refractivity contribution is 5.92. The van der Waals surface area contributed by atoms with Crippen molar-refractivity contribution >= 4 is 16.7 Å². The molecule has 1 aliphatic rings. The summed E-state index contributed by atoms with van der Waals surface area (Å²) in [6, 6.07) is 12.4. The molecule has 0 saturated carbocycles. The second kappa shape index (κ2) is 5.98. The van der Waals surface area contributed by atoms with Crippen LogP contribution in [0.1, 0.15) is 0 Å². The molecule has 4 rings (SSSR count). The van der Waals surface area contributed by atoms with Crippen LogP contribution in [-0.2, 0) is 4.74 Å². The van der Waals surface area contributed by atoms with Crippen LogP contribution in [-0.4, -0.2) is 36.5 Å². The van der Waals surface area contributed by atoms with E-state index in [1.807, 2.05) is 24.3 Å². The number of benzene rings is 2. The minimum Gasteiger partial charge on any atom is -0.379 e. The van der Waals surface area contributed by atoms with Crippen molar-refractivity contribution in [1.29, 1.82) is 0 Å². The summed E-state index contributed by atoms with van der Waals surface area (Å²) in [7, 11) is 0. The second-order valence-corrected chi connectivity index (χ2v) is 5.43. The number of para-hydroxylation sites is 1. The van der Waals surface area contributed by atoms with Crippen molar-refractivity contribution in [2.45, 2.75) is 0 Å². The number of fused-ring (bicyclic) bond motifs is 1. The van der Waals surface area contributed by atoms with Crippen molar-refractivity contribution in [3.63, 3.8) is 0 Å². The van der Waals surface area contributed by atoms with E-state index in [2.05, 4.69) is 15.6 Å². The van der Waals surface area contributed by atoms with Gasteiger partial charge in [-0.15, -0.1) is 0 Å². The molecule has 5 nitrogen and oxygen atoms in total. The Morgan fingerprint density at radius 3 is 2.78 bits per heavy atom. The summed E-state index contributed by atoms with van der Waals surface area (Å²) < 4.78 is 24.9. The van der Waals surface area contributed by atoms with Crippen LogP contribution in [0, 0.1) is 5.82 Å². The van der Waals surface area contributed by atoms with Gasteiger partial charge < -0.3 is 14.7 Å². The maximum Gasteiger partial charge on any atom is 0.167 e. The lowest BCUT2D eigenvalue weighted by Gasteiger charge is -2.28. The van der Waals surface area contributed by atoms with Gasteiger partial charge in [-0.3, -0.25) is 0 Å². The van der Waals surface area contributed by atoms with Crippen molar-refractivity contribution in [2.24, 2.45) is 0 Å². The van der Waals surface area contributed by atoms with E-state index >= 15 is 0 Å². The fourth-order valence-electron chi connectivity index (χ4n) is 2.71. The maximum absolute atomic E-state index is 14.3.